The summed E-state index contributed by atoms with van der Waals surface area (Å²) in [4.78, 5) is 32.2. The van der Waals surface area contributed by atoms with Crippen LogP contribution >= 0.6 is 0 Å². The second-order valence-corrected chi connectivity index (χ2v) is 8.08. The fourth-order valence-corrected chi connectivity index (χ4v) is 3.88. The van der Waals surface area contributed by atoms with E-state index in [0.29, 0.717) is 31.5 Å². The molecule has 3 heterocycles. The van der Waals surface area contributed by atoms with E-state index in [0.717, 1.165) is 24.2 Å². The van der Waals surface area contributed by atoms with Crippen LogP contribution in [0.15, 0.2) is 39.9 Å². The molecule has 0 saturated carbocycles. The van der Waals surface area contributed by atoms with Gasteiger partial charge < -0.3 is 24.5 Å². The van der Waals surface area contributed by atoms with Crippen LogP contribution in [0.1, 0.15) is 0 Å². The highest BCUT2D eigenvalue weighted by molar-refractivity contribution is 5.74. The summed E-state index contributed by atoms with van der Waals surface area (Å²) in [7, 11) is 3.01. The molecule has 0 amide bonds. The second-order valence-electron chi connectivity index (χ2n) is 8.08. The first-order valence-electron chi connectivity index (χ1n) is 11.0. The molecule has 11 nitrogen and oxygen atoms in total. The van der Waals surface area contributed by atoms with Crippen LogP contribution < -0.4 is 21.3 Å². The van der Waals surface area contributed by atoms with Crippen LogP contribution in [0.5, 0.6) is 5.75 Å². The van der Waals surface area contributed by atoms with Crippen LogP contribution in [0.3, 0.4) is 0 Å². The van der Waals surface area contributed by atoms with Crippen LogP contribution in [0.2, 0.25) is 0 Å². The van der Waals surface area contributed by atoms with Crippen LogP contribution in [0.4, 0.5) is 5.95 Å². The number of hydrogen-bond donors (Lipinski definition) is 2. The van der Waals surface area contributed by atoms with E-state index in [1.54, 1.807) is 11.6 Å². The lowest BCUT2D eigenvalue weighted by molar-refractivity contribution is 0.0398. The Bertz CT molecular complexity index is 1200. The number of ether oxygens (including phenoxy) is 2. The Morgan fingerprint density at radius 3 is 2.61 bits per heavy atom. The van der Waals surface area contributed by atoms with Gasteiger partial charge in [0.1, 0.15) is 18.5 Å². The molecule has 1 unspecified atom stereocenters. The zero-order chi connectivity index (χ0) is 23.4. The normalized spacial score (nSPS) is 15.6. The Kier molecular flexibility index (Phi) is 7.11. The van der Waals surface area contributed by atoms with Crippen molar-refractivity contribution in [3.63, 3.8) is 0 Å². The summed E-state index contributed by atoms with van der Waals surface area (Å²) < 4.78 is 15.1. The molecule has 0 aliphatic carbocycles. The highest BCUT2D eigenvalue weighted by Gasteiger charge is 2.21. The maximum absolute atomic E-state index is 12.9. The minimum atomic E-state index is -0.899. The number of fused-ring (bicyclic) bond motifs is 1. The van der Waals surface area contributed by atoms with E-state index in [2.05, 4.69) is 15.2 Å². The van der Waals surface area contributed by atoms with E-state index in [-0.39, 0.29) is 24.3 Å². The molecule has 0 spiro atoms. The molecule has 11 heteroatoms. The number of morpholine rings is 1. The minimum absolute atomic E-state index is 0.0446. The van der Waals surface area contributed by atoms with Gasteiger partial charge in [0.15, 0.2) is 11.2 Å². The van der Waals surface area contributed by atoms with Crippen molar-refractivity contribution in [3.8, 4) is 5.75 Å². The van der Waals surface area contributed by atoms with Crippen molar-refractivity contribution in [1.82, 2.24) is 23.6 Å². The fraction of sp³-hybridized carbons (Fsp3) is 0.500. The van der Waals surface area contributed by atoms with Crippen LogP contribution in [0, 0.1) is 0 Å². The van der Waals surface area contributed by atoms with Crippen LogP contribution in [-0.2, 0) is 25.4 Å². The summed E-state index contributed by atoms with van der Waals surface area (Å²) >= 11 is 0. The summed E-state index contributed by atoms with van der Waals surface area (Å²) in [5.74, 6) is 1.07. The van der Waals surface area contributed by atoms with Crippen molar-refractivity contribution in [2.75, 3.05) is 51.3 Å². The molecule has 1 fully saturated rings. The third-order valence-electron chi connectivity index (χ3n) is 5.74. The lowest BCUT2D eigenvalue weighted by atomic mass is 10.3. The van der Waals surface area contributed by atoms with Gasteiger partial charge in [0.25, 0.3) is 5.56 Å². The topological polar surface area (TPSA) is 116 Å². The molecule has 178 valence electrons. The first-order valence-corrected chi connectivity index (χ1v) is 11.0. The Labute approximate surface area is 190 Å². The highest BCUT2D eigenvalue weighted by Crippen LogP contribution is 2.17. The number of aromatic nitrogens is 4. The standard InChI is InChI=1S/C22H30N6O5/c1-25-19-18(20(30)26(2)22(25)31)28(14-16(29)15-33-17-6-4-3-5-7-17)21(24-19)23-8-9-27-10-12-32-13-11-27/h3-7,16,29H,8-15H2,1-2H3,(H,23,24). The van der Waals surface area contributed by atoms with Crippen molar-refractivity contribution in [1.29, 1.82) is 0 Å². The third-order valence-corrected chi connectivity index (χ3v) is 5.74. The van der Waals surface area contributed by atoms with Crippen molar-refractivity contribution < 1.29 is 14.6 Å². The van der Waals surface area contributed by atoms with Crippen LogP contribution in [0.25, 0.3) is 11.2 Å². The molecule has 3 aromatic rings. The van der Waals surface area contributed by atoms with Gasteiger partial charge in [-0.1, -0.05) is 18.2 Å². The number of hydrogen-bond acceptors (Lipinski definition) is 8. The van der Waals surface area contributed by atoms with Crippen molar-refractivity contribution >= 4 is 17.1 Å². The van der Waals surface area contributed by atoms with Gasteiger partial charge in [0, 0.05) is 40.3 Å². The lowest BCUT2D eigenvalue weighted by Gasteiger charge is -2.26. The number of anilines is 1. The molecule has 2 N–H and O–H groups in total. The average Bonchev–Trinajstić information content (AvgIpc) is 3.19. The van der Waals surface area contributed by atoms with Gasteiger partial charge >= 0.3 is 5.69 Å². The van der Waals surface area contributed by atoms with E-state index >= 15 is 0 Å². The van der Waals surface area contributed by atoms with E-state index in [1.807, 2.05) is 30.3 Å². The third kappa shape index (κ3) is 5.10. The number of nitrogens with one attached hydrogen (secondary N) is 1. The molecular weight excluding hydrogens is 428 g/mol. The summed E-state index contributed by atoms with van der Waals surface area (Å²) in [6.45, 7) is 4.65. The van der Waals surface area contributed by atoms with Crippen molar-refractivity contribution in [2.45, 2.75) is 12.6 Å². The minimum Gasteiger partial charge on any atom is -0.491 e. The Balaban J connectivity index is 1.57. The Hall–Kier alpha value is -3.15. The number of nitrogens with zero attached hydrogens (tertiary/aromatic N) is 5. The molecule has 4 rings (SSSR count). The molecule has 0 radical (unpaired) electrons. The highest BCUT2D eigenvalue weighted by atomic mass is 16.5. The average molecular weight is 459 g/mol. The number of aliphatic hydroxyl groups is 1. The molecule has 1 aliphatic heterocycles. The molecule has 1 aliphatic rings. The first-order chi connectivity index (χ1) is 16.0. The van der Waals surface area contributed by atoms with Crippen molar-refractivity contribution in [3.05, 3.63) is 51.2 Å². The number of imidazole rings is 1. The summed E-state index contributed by atoms with van der Waals surface area (Å²) in [6.07, 6.45) is -0.899. The van der Waals surface area contributed by atoms with Gasteiger partial charge in [-0.15, -0.1) is 0 Å². The van der Waals surface area contributed by atoms with Gasteiger partial charge in [-0.25, -0.2) is 4.79 Å². The van der Waals surface area contributed by atoms with Gasteiger partial charge in [-0.3, -0.25) is 18.8 Å². The Morgan fingerprint density at radius 1 is 1.15 bits per heavy atom. The van der Waals surface area contributed by atoms with Gasteiger partial charge in [-0.2, -0.15) is 4.98 Å². The SMILES string of the molecule is Cn1c(=O)c2c(nc(NCCN3CCOCC3)n2CC(O)COc2ccccc2)n(C)c1=O. The number of benzene rings is 1. The molecule has 2 aromatic heterocycles. The van der Waals surface area contributed by atoms with Gasteiger partial charge in [0.2, 0.25) is 5.95 Å². The van der Waals surface area contributed by atoms with Crippen molar-refractivity contribution in [2.24, 2.45) is 14.1 Å². The molecule has 0 bridgehead atoms. The summed E-state index contributed by atoms with van der Waals surface area (Å²) in [6, 6.07) is 9.21. The molecule has 1 saturated heterocycles. The Morgan fingerprint density at radius 2 is 1.88 bits per heavy atom. The summed E-state index contributed by atoms with van der Waals surface area (Å²) in [5.41, 5.74) is -0.386. The van der Waals surface area contributed by atoms with E-state index in [4.69, 9.17) is 9.47 Å². The molecular formula is C22H30N6O5. The predicted octanol–water partition coefficient (Wildman–Crippen LogP) is -0.382. The first kappa shape index (κ1) is 23.0. The second kappa shape index (κ2) is 10.2. The summed E-state index contributed by atoms with van der Waals surface area (Å²) in [5, 5.41) is 14.0. The fourth-order valence-electron chi connectivity index (χ4n) is 3.88. The zero-order valence-electron chi connectivity index (χ0n) is 18.9. The monoisotopic (exact) mass is 458 g/mol. The van der Waals surface area contributed by atoms with E-state index < -0.39 is 17.4 Å². The molecule has 1 atom stereocenters. The van der Waals surface area contributed by atoms with Gasteiger partial charge in [0.05, 0.1) is 19.8 Å². The number of aliphatic hydroxyl groups excluding tert-OH is 1. The molecule has 1 aromatic carbocycles. The number of rotatable bonds is 9. The largest absolute Gasteiger partial charge is 0.491 e. The number of para-hydroxylation sites is 1. The maximum atomic E-state index is 12.9. The van der Waals surface area contributed by atoms with Crippen LogP contribution in [-0.4, -0.2) is 80.8 Å². The van der Waals surface area contributed by atoms with E-state index in [9.17, 15) is 14.7 Å². The maximum Gasteiger partial charge on any atom is 0.332 e. The van der Waals surface area contributed by atoms with E-state index in [1.165, 1.54) is 11.6 Å². The van der Waals surface area contributed by atoms with Gasteiger partial charge in [-0.05, 0) is 12.1 Å². The molecule has 33 heavy (non-hydrogen) atoms. The quantitative estimate of drug-likeness (QED) is 0.446. The smallest absolute Gasteiger partial charge is 0.332 e. The predicted molar refractivity (Wildman–Crippen MR) is 124 cm³/mol. The number of aryl methyl sites for hydroxylation is 1. The lowest BCUT2D eigenvalue weighted by Crippen LogP contribution is -2.39. The zero-order valence-corrected chi connectivity index (χ0v) is 18.9.